The zero-order valence-electron chi connectivity index (χ0n) is 11.1. The summed E-state index contributed by atoms with van der Waals surface area (Å²) in [7, 11) is 0. The summed E-state index contributed by atoms with van der Waals surface area (Å²) in [4.78, 5) is 13.6. The lowest BCUT2D eigenvalue weighted by Crippen LogP contribution is -2.43. The number of hydrogen-bond donors (Lipinski definition) is 0. The van der Waals surface area contributed by atoms with Crippen LogP contribution in [0.3, 0.4) is 0 Å². The smallest absolute Gasteiger partial charge is 0.410 e. The van der Waals surface area contributed by atoms with Gasteiger partial charge in [0.2, 0.25) is 0 Å². The highest BCUT2D eigenvalue weighted by atomic mass is 16.6. The van der Waals surface area contributed by atoms with Gasteiger partial charge in [-0.3, -0.25) is 0 Å². The molecule has 1 aliphatic heterocycles. The highest BCUT2D eigenvalue weighted by molar-refractivity contribution is 5.68. The second-order valence-electron chi connectivity index (χ2n) is 5.43. The second kappa shape index (κ2) is 5.94. The van der Waals surface area contributed by atoms with E-state index < -0.39 is 5.60 Å². The molecule has 1 atom stereocenters. The molecular formula is C13H23NO3. The number of likely N-dealkylation sites (tertiary alicyclic amines) is 1. The van der Waals surface area contributed by atoms with E-state index in [-0.39, 0.29) is 6.09 Å². The van der Waals surface area contributed by atoms with Crippen molar-refractivity contribution in [3.05, 3.63) is 12.8 Å². The summed E-state index contributed by atoms with van der Waals surface area (Å²) >= 11 is 0. The van der Waals surface area contributed by atoms with Crippen LogP contribution in [0.4, 0.5) is 4.79 Å². The number of amides is 1. The average Bonchev–Trinajstić information content (AvgIpc) is 2.24. The van der Waals surface area contributed by atoms with Crippen molar-refractivity contribution in [1.82, 2.24) is 4.90 Å². The molecule has 1 rings (SSSR count). The van der Waals surface area contributed by atoms with Gasteiger partial charge in [0.15, 0.2) is 0 Å². The van der Waals surface area contributed by atoms with Gasteiger partial charge in [-0.15, -0.1) is 0 Å². The molecule has 0 radical (unpaired) electrons. The Bertz CT molecular complexity index is 270. The van der Waals surface area contributed by atoms with Crippen LogP contribution >= 0.6 is 0 Å². The molecule has 1 aliphatic rings. The van der Waals surface area contributed by atoms with Crippen LogP contribution in [0.2, 0.25) is 0 Å². The van der Waals surface area contributed by atoms with Crippen LogP contribution < -0.4 is 0 Å². The minimum Gasteiger partial charge on any atom is -0.501 e. The fourth-order valence-corrected chi connectivity index (χ4v) is 1.90. The van der Waals surface area contributed by atoms with Crippen molar-refractivity contribution in [1.29, 1.82) is 0 Å². The van der Waals surface area contributed by atoms with Gasteiger partial charge in [-0.2, -0.15) is 0 Å². The van der Waals surface area contributed by atoms with Crippen LogP contribution in [0.5, 0.6) is 0 Å². The molecule has 0 saturated carbocycles. The van der Waals surface area contributed by atoms with E-state index in [2.05, 4.69) is 6.58 Å². The molecule has 4 nitrogen and oxygen atoms in total. The van der Waals surface area contributed by atoms with Gasteiger partial charge < -0.3 is 14.4 Å². The molecule has 0 unspecified atom stereocenters. The molecule has 1 amide bonds. The number of carbonyl (C=O) groups excluding carboxylic acids is 1. The average molecular weight is 241 g/mol. The number of ether oxygens (including phenoxy) is 2. The highest BCUT2D eigenvalue weighted by Gasteiger charge is 2.27. The summed E-state index contributed by atoms with van der Waals surface area (Å²) in [6, 6.07) is 0. The number of nitrogens with zero attached hydrogens (tertiary/aromatic N) is 1. The molecule has 0 N–H and O–H groups in total. The van der Waals surface area contributed by atoms with Gasteiger partial charge in [-0.25, -0.2) is 4.79 Å². The van der Waals surface area contributed by atoms with Crippen molar-refractivity contribution in [3.63, 3.8) is 0 Å². The zero-order chi connectivity index (χ0) is 12.9. The monoisotopic (exact) mass is 241 g/mol. The van der Waals surface area contributed by atoms with E-state index in [0.29, 0.717) is 19.1 Å². The van der Waals surface area contributed by atoms with Crippen LogP contribution in [-0.2, 0) is 9.47 Å². The summed E-state index contributed by atoms with van der Waals surface area (Å²) < 4.78 is 10.5. The first-order chi connectivity index (χ1) is 7.92. The molecule has 1 heterocycles. The van der Waals surface area contributed by atoms with Gasteiger partial charge in [-0.1, -0.05) is 6.58 Å². The predicted molar refractivity (Wildman–Crippen MR) is 66.7 cm³/mol. The molecule has 0 aromatic heterocycles. The summed E-state index contributed by atoms with van der Waals surface area (Å²) in [6.07, 6.45) is 3.32. The first kappa shape index (κ1) is 13.9. The van der Waals surface area contributed by atoms with Gasteiger partial charge in [0, 0.05) is 19.0 Å². The van der Waals surface area contributed by atoms with E-state index in [4.69, 9.17) is 9.47 Å². The first-order valence-electron chi connectivity index (χ1n) is 6.13. The Kier molecular flexibility index (Phi) is 4.85. The van der Waals surface area contributed by atoms with Gasteiger partial charge in [0.1, 0.15) is 5.60 Å². The fraction of sp³-hybridized carbons (Fsp3) is 0.769. The van der Waals surface area contributed by atoms with E-state index in [1.807, 2.05) is 20.8 Å². The largest absolute Gasteiger partial charge is 0.501 e. The summed E-state index contributed by atoms with van der Waals surface area (Å²) in [5, 5.41) is 0. The molecule has 4 heteroatoms. The normalized spacial score (nSPS) is 20.9. The van der Waals surface area contributed by atoms with Crippen molar-refractivity contribution >= 4 is 6.09 Å². The Morgan fingerprint density at radius 3 is 2.82 bits per heavy atom. The predicted octanol–water partition coefficient (Wildman–Crippen LogP) is 2.79. The molecule has 0 aliphatic carbocycles. The second-order valence-corrected chi connectivity index (χ2v) is 5.43. The summed E-state index contributed by atoms with van der Waals surface area (Å²) in [5.41, 5.74) is -0.429. The highest BCUT2D eigenvalue weighted by Crippen LogP contribution is 2.19. The van der Waals surface area contributed by atoms with Crippen molar-refractivity contribution in [2.45, 2.75) is 39.2 Å². The number of rotatable bonds is 3. The number of hydrogen-bond acceptors (Lipinski definition) is 3. The third-order valence-corrected chi connectivity index (χ3v) is 2.62. The molecule has 0 spiro atoms. The molecule has 0 aromatic rings. The first-order valence-corrected chi connectivity index (χ1v) is 6.13. The van der Waals surface area contributed by atoms with E-state index in [1.165, 1.54) is 6.26 Å². The molecule has 0 aromatic carbocycles. The van der Waals surface area contributed by atoms with Crippen LogP contribution in [0, 0.1) is 5.92 Å². The number of piperidine rings is 1. The standard InChI is InChI=1S/C13H23NO3/c1-5-16-10-11-7-6-8-14(9-11)12(15)17-13(2,3)4/h5,11H,1,6-10H2,2-4H3/t11-/m1/s1. The summed E-state index contributed by atoms with van der Waals surface area (Å²) in [5.74, 6) is 0.384. The molecule has 17 heavy (non-hydrogen) atoms. The SMILES string of the molecule is C=COC[C@@H]1CCCN(C(=O)OC(C)(C)C)C1. The summed E-state index contributed by atoms with van der Waals surface area (Å²) in [6.45, 7) is 11.3. The molecular weight excluding hydrogens is 218 g/mol. The fourth-order valence-electron chi connectivity index (χ4n) is 1.90. The number of carbonyl (C=O) groups is 1. The molecule has 1 fully saturated rings. The molecule has 0 bridgehead atoms. The lowest BCUT2D eigenvalue weighted by Gasteiger charge is -2.33. The maximum absolute atomic E-state index is 11.9. The van der Waals surface area contributed by atoms with Gasteiger partial charge in [0.25, 0.3) is 0 Å². The third-order valence-electron chi connectivity index (χ3n) is 2.62. The maximum atomic E-state index is 11.9. The minimum absolute atomic E-state index is 0.221. The molecule has 1 saturated heterocycles. The van der Waals surface area contributed by atoms with Crippen LogP contribution in [0.25, 0.3) is 0 Å². The van der Waals surface area contributed by atoms with Crippen molar-refractivity contribution in [2.24, 2.45) is 5.92 Å². The van der Waals surface area contributed by atoms with Gasteiger partial charge in [0.05, 0.1) is 12.9 Å². The zero-order valence-corrected chi connectivity index (χ0v) is 11.1. The maximum Gasteiger partial charge on any atom is 0.410 e. The van der Waals surface area contributed by atoms with Crippen molar-refractivity contribution in [2.75, 3.05) is 19.7 Å². The Morgan fingerprint density at radius 2 is 2.24 bits per heavy atom. The van der Waals surface area contributed by atoms with E-state index in [9.17, 15) is 4.79 Å². The van der Waals surface area contributed by atoms with Crippen molar-refractivity contribution < 1.29 is 14.3 Å². The quantitative estimate of drug-likeness (QED) is 0.713. The van der Waals surface area contributed by atoms with E-state index >= 15 is 0 Å². The van der Waals surface area contributed by atoms with Crippen LogP contribution in [-0.4, -0.2) is 36.3 Å². The molecule has 98 valence electrons. The van der Waals surface area contributed by atoms with E-state index in [1.54, 1.807) is 4.90 Å². The lowest BCUT2D eigenvalue weighted by molar-refractivity contribution is 0.0125. The van der Waals surface area contributed by atoms with Gasteiger partial charge >= 0.3 is 6.09 Å². The Balaban J connectivity index is 2.43. The Hall–Kier alpha value is -1.19. The lowest BCUT2D eigenvalue weighted by atomic mass is 9.99. The van der Waals surface area contributed by atoms with Crippen LogP contribution in [0.1, 0.15) is 33.6 Å². The van der Waals surface area contributed by atoms with E-state index in [0.717, 1.165) is 19.4 Å². The van der Waals surface area contributed by atoms with Crippen molar-refractivity contribution in [3.8, 4) is 0 Å². The Morgan fingerprint density at radius 1 is 1.53 bits per heavy atom. The minimum atomic E-state index is -0.429. The Labute approximate surface area is 104 Å². The topological polar surface area (TPSA) is 38.8 Å². The third kappa shape index (κ3) is 5.11. The van der Waals surface area contributed by atoms with Crippen LogP contribution in [0.15, 0.2) is 12.8 Å². The van der Waals surface area contributed by atoms with Gasteiger partial charge in [-0.05, 0) is 33.6 Å².